The number of anilines is 1. The summed E-state index contributed by atoms with van der Waals surface area (Å²) in [7, 11) is 0. The predicted molar refractivity (Wildman–Crippen MR) is 166 cm³/mol. The van der Waals surface area contributed by atoms with Gasteiger partial charge in [0.25, 0.3) is 5.91 Å². The lowest BCUT2D eigenvalue weighted by Crippen LogP contribution is -2.50. The molecule has 1 unspecified atom stereocenters. The number of hydrogen-bond acceptors (Lipinski definition) is 5. The van der Waals surface area contributed by atoms with Crippen LogP contribution in [0.25, 0.3) is 22.5 Å². The minimum Gasteiger partial charge on any atom is -0.305 e. The first-order valence-corrected chi connectivity index (χ1v) is 15.2. The second-order valence-corrected chi connectivity index (χ2v) is 11.0. The predicted octanol–water partition coefficient (Wildman–Crippen LogP) is 6.99. The van der Waals surface area contributed by atoms with Gasteiger partial charge in [-0.1, -0.05) is 40.7 Å². The number of guanidine groups is 1. The molecule has 4 heterocycles. The van der Waals surface area contributed by atoms with Crippen molar-refractivity contribution >= 4 is 17.7 Å². The first-order chi connectivity index (χ1) is 21.2. The number of nitrogens with zero attached hydrogens (tertiary/aromatic N) is 7. The van der Waals surface area contributed by atoms with E-state index in [-0.39, 0.29) is 35.7 Å². The first kappa shape index (κ1) is 31.0. The van der Waals surface area contributed by atoms with Gasteiger partial charge in [0.1, 0.15) is 29.1 Å². The molecule has 6 rings (SSSR count). The summed E-state index contributed by atoms with van der Waals surface area (Å²) in [6, 6.07) is 7.99. The Balaban J connectivity index is 0.00000188. The maximum absolute atomic E-state index is 15.2. The lowest BCUT2D eigenvalue weighted by Gasteiger charge is -2.33. The van der Waals surface area contributed by atoms with Crippen LogP contribution in [0.3, 0.4) is 0 Å². The van der Waals surface area contributed by atoms with Crippen molar-refractivity contribution < 1.29 is 18.0 Å². The Kier molecular flexibility index (Phi) is 8.94. The van der Waals surface area contributed by atoms with Crippen LogP contribution < -0.4 is 4.90 Å². The number of fused-ring (bicyclic) bond motifs is 3. The minimum atomic E-state index is -0.709. The second-order valence-electron chi connectivity index (χ2n) is 11.0. The zero-order chi connectivity index (χ0) is 31.7. The van der Waals surface area contributed by atoms with Gasteiger partial charge in [0, 0.05) is 47.6 Å². The number of benzene rings is 2. The molecule has 0 N–H and O–H groups in total. The molecule has 0 bridgehead atoms. The molecule has 8 nitrogen and oxygen atoms in total. The summed E-state index contributed by atoms with van der Waals surface area (Å²) in [5.41, 5.74) is 1.92. The van der Waals surface area contributed by atoms with Gasteiger partial charge in [-0.25, -0.2) is 23.1 Å². The molecule has 232 valence electrons. The Morgan fingerprint density at radius 3 is 2.45 bits per heavy atom. The summed E-state index contributed by atoms with van der Waals surface area (Å²) in [6.07, 6.45) is 4.29. The van der Waals surface area contributed by atoms with Crippen molar-refractivity contribution in [3.8, 4) is 22.5 Å². The summed E-state index contributed by atoms with van der Waals surface area (Å²) in [4.78, 5) is 27.0. The maximum atomic E-state index is 15.2. The van der Waals surface area contributed by atoms with Crippen molar-refractivity contribution in [2.24, 2.45) is 10.9 Å². The second kappa shape index (κ2) is 12.7. The molecule has 2 aliphatic rings. The van der Waals surface area contributed by atoms with Crippen LogP contribution in [0.4, 0.5) is 19.0 Å². The number of amides is 1. The Bertz CT molecular complexity index is 1710. The van der Waals surface area contributed by atoms with E-state index >= 15 is 4.39 Å². The summed E-state index contributed by atoms with van der Waals surface area (Å²) >= 11 is 0. The smallest absolute Gasteiger partial charge is 0.283 e. The summed E-state index contributed by atoms with van der Waals surface area (Å²) in [6.45, 7) is 13.7. The van der Waals surface area contributed by atoms with Crippen molar-refractivity contribution in [3.05, 3.63) is 77.5 Å². The number of rotatable bonds is 8. The number of imidazole rings is 1. The fourth-order valence-corrected chi connectivity index (χ4v) is 5.58. The number of aryl methyl sites for hydroxylation is 1. The molecular weight excluding hydrogens is 567 g/mol. The molecule has 11 heteroatoms. The van der Waals surface area contributed by atoms with Gasteiger partial charge in [-0.15, -0.1) is 0 Å². The van der Waals surface area contributed by atoms with E-state index in [1.54, 1.807) is 38.7 Å². The molecule has 0 spiro atoms. The van der Waals surface area contributed by atoms with E-state index in [1.807, 2.05) is 32.6 Å². The third-order valence-electron chi connectivity index (χ3n) is 7.83. The normalized spacial score (nSPS) is 15.7. The van der Waals surface area contributed by atoms with E-state index in [2.05, 4.69) is 18.9 Å². The van der Waals surface area contributed by atoms with Crippen LogP contribution in [0, 0.1) is 23.4 Å². The van der Waals surface area contributed by atoms with Crippen molar-refractivity contribution in [2.45, 2.75) is 67.1 Å². The molecule has 1 atom stereocenters. The highest BCUT2D eigenvalue weighted by atomic mass is 19.1. The number of halogens is 3. The number of carbonyl (C=O) groups excluding carboxylic acids is 1. The van der Waals surface area contributed by atoms with Crippen molar-refractivity contribution in [2.75, 3.05) is 18.0 Å². The lowest BCUT2D eigenvalue weighted by atomic mass is 10.0. The summed E-state index contributed by atoms with van der Waals surface area (Å²) < 4.78 is 47.5. The molecule has 4 aromatic rings. The van der Waals surface area contributed by atoms with Crippen molar-refractivity contribution in [1.29, 1.82) is 0 Å². The standard InChI is InChI=1S/C31H32F3N7O.C2H6/c1-5-11-38-15-21(14-35-38)23-12-19(8-10-24(23)33)28-37-27-29(40(28)16-20-7-9-22(32)13-25(20)34)41-17-26(18(3)4)36-31(41)39(6-2)30(27)42;1-2/h7-10,12-15,18,26H,5-6,11,16-17H2,1-4H3;1-2H3. The van der Waals surface area contributed by atoms with Crippen LogP contribution in [-0.2, 0) is 13.1 Å². The van der Waals surface area contributed by atoms with Crippen LogP contribution in [0.2, 0.25) is 0 Å². The van der Waals surface area contributed by atoms with Gasteiger partial charge in [0.15, 0.2) is 5.69 Å². The van der Waals surface area contributed by atoms with Crippen molar-refractivity contribution in [3.63, 3.8) is 0 Å². The molecule has 2 aromatic heterocycles. The van der Waals surface area contributed by atoms with Gasteiger partial charge in [0.2, 0.25) is 5.96 Å². The van der Waals surface area contributed by atoms with Crippen LogP contribution in [0.15, 0.2) is 53.8 Å². The van der Waals surface area contributed by atoms with Gasteiger partial charge >= 0.3 is 0 Å². The zero-order valence-electron chi connectivity index (χ0n) is 26.0. The molecule has 0 fully saturated rings. The number of aromatic nitrogens is 4. The quantitative estimate of drug-likeness (QED) is 0.217. The monoisotopic (exact) mass is 605 g/mol. The van der Waals surface area contributed by atoms with Crippen LogP contribution in [-0.4, -0.2) is 55.2 Å². The number of carbonyl (C=O) groups is 1. The van der Waals surface area contributed by atoms with Gasteiger partial charge < -0.3 is 4.57 Å². The molecule has 0 aliphatic carbocycles. The van der Waals surface area contributed by atoms with Gasteiger partial charge in [-0.3, -0.25) is 19.3 Å². The fourth-order valence-electron chi connectivity index (χ4n) is 5.58. The topological polar surface area (TPSA) is 71.6 Å². The molecule has 1 amide bonds. The maximum Gasteiger partial charge on any atom is 0.283 e. The molecular formula is C33H38F3N7O. The SMILES string of the molecule is CC.CCCn1cc(-c2cc(-c3nc4c(n3Cc3ccc(F)cc3F)N3CC(C(C)C)N=C3N(CC)C4=O)ccc2F)cn1. The molecule has 2 aliphatic heterocycles. The van der Waals surface area contributed by atoms with Gasteiger partial charge in [0.05, 0.1) is 25.3 Å². The Labute approximate surface area is 255 Å². The average molecular weight is 606 g/mol. The Morgan fingerprint density at radius 2 is 1.77 bits per heavy atom. The zero-order valence-corrected chi connectivity index (χ0v) is 26.0. The van der Waals surface area contributed by atoms with E-state index in [0.29, 0.717) is 53.9 Å². The summed E-state index contributed by atoms with van der Waals surface area (Å²) in [5, 5.41) is 4.34. The third-order valence-corrected chi connectivity index (χ3v) is 7.83. The summed E-state index contributed by atoms with van der Waals surface area (Å²) in [5.74, 6) is -0.517. The highest BCUT2D eigenvalue weighted by Crippen LogP contribution is 2.39. The fraction of sp³-hybridized carbons (Fsp3) is 0.394. The van der Waals surface area contributed by atoms with E-state index in [1.165, 1.54) is 18.2 Å². The average Bonchev–Trinajstić information content (AvgIpc) is 3.74. The Hall–Kier alpha value is -4.41. The van der Waals surface area contributed by atoms with E-state index < -0.39 is 17.5 Å². The van der Waals surface area contributed by atoms with E-state index in [0.717, 1.165) is 12.5 Å². The molecule has 2 aromatic carbocycles. The molecule has 44 heavy (non-hydrogen) atoms. The third kappa shape index (κ3) is 5.51. The van der Waals surface area contributed by atoms with Crippen LogP contribution >= 0.6 is 0 Å². The molecule has 0 saturated heterocycles. The molecule has 0 saturated carbocycles. The van der Waals surface area contributed by atoms with Crippen molar-refractivity contribution in [1.82, 2.24) is 24.2 Å². The highest BCUT2D eigenvalue weighted by Gasteiger charge is 2.44. The largest absolute Gasteiger partial charge is 0.305 e. The number of hydrogen-bond donors (Lipinski definition) is 0. The lowest BCUT2D eigenvalue weighted by molar-refractivity contribution is 0.0841. The highest BCUT2D eigenvalue weighted by molar-refractivity contribution is 6.18. The Morgan fingerprint density at radius 1 is 1.00 bits per heavy atom. The van der Waals surface area contributed by atoms with E-state index in [4.69, 9.17) is 9.98 Å². The van der Waals surface area contributed by atoms with E-state index in [9.17, 15) is 13.6 Å². The van der Waals surface area contributed by atoms with Gasteiger partial charge in [-0.2, -0.15) is 5.10 Å². The van der Waals surface area contributed by atoms with Crippen LogP contribution in [0.5, 0.6) is 0 Å². The van der Waals surface area contributed by atoms with Gasteiger partial charge in [-0.05, 0) is 43.5 Å². The minimum absolute atomic E-state index is 0.0273. The van der Waals surface area contributed by atoms with Crippen LogP contribution in [0.1, 0.15) is 64.0 Å². The first-order valence-electron chi connectivity index (χ1n) is 15.2. The molecule has 0 radical (unpaired) electrons. The number of aliphatic imine (C=N–C) groups is 1.